The van der Waals surface area contributed by atoms with E-state index in [-0.39, 0.29) is 23.8 Å². The number of phenolic OH excluding ortho intramolecular Hbond substituents is 1. The second-order valence-corrected chi connectivity index (χ2v) is 8.35. The Morgan fingerprint density at radius 2 is 1.50 bits per heavy atom. The standard InChI is InChI=1S/C21H32N4O6S/c1-11(2)8-15(22)19(28)25-17(10-32)20(29)23-12(3)18(27)24-16(21(30)31)9-13-4-6-14(26)7-5-13/h4-7,11-12,15-17,26,32H,8-10,22H2,1-3H3,(H,23,29)(H,24,27)(H,25,28)(H,30,31). The van der Waals surface area contributed by atoms with Crippen molar-refractivity contribution >= 4 is 36.3 Å². The van der Waals surface area contributed by atoms with Gasteiger partial charge in [0.05, 0.1) is 6.04 Å². The molecule has 7 N–H and O–H groups in total. The van der Waals surface area contributed by atoms with Crippen LogP contribution in [0.4, 0.5) is 0 Å². The molecule has 0 spiro atoms. The minimum Gasteiger partial charge on any atom is -0.508 e. The molecule has 4 atom stereocenters. The molecule has 0 aliphatic heterocycles. The molecule has 3 amide bonds. The lowest BCUT2D eigenvalue weighted by atomic mass is 10.0. The van der Waals surface area contributed by atoms with Gasteiger partial charge in [0.15, 0.2) is 0 Å². The van der Waals surface area contributed by atoms with Crippen LogP contribution in [-0.4, -0.2) is 63.8 Å². The summed E-state index contributed by atoms with van der Waals surface area (Å²) in [5.41, 5.74) is 6.42. The molecule has 32 heavy (non-hydrogen) atoms. The van der Waals surface area contributed by atoms with Crippen molar-refractivity contribution in [1.82, 2.24) is 16.0 Å². The maximum atomic E-state index is 12.5. The van der Waals surface area contributed by atoms with E-state index in [4.69, 9.17) is 5.73 Å². The van der Waals surface area contributed by atoms with Crippen LogP contribution in [-0.2, 0) is 25.6 Å². The number of amides is 3. The third kappa shape index (κ3) is 9.15. The van der Waals surface area contributed by atoms with Gasteiger partial charge < -0.3 is 31.9 Å². The lowest BCUT2D eigenvalue weighted by molar-refractivity contribution is -0.142. The Balaban J connectivity index is 2.68. The van der Waals surface area contributed by atoms with Crippen molar-refractivity contribution in [3.63, 3.8) is 0 Å². The van der Waals surface area contributed by atoms with Crippen molar-refractivity contribution in [2.75, 3.05) is 5.75 Å². The monoisotopic (exact) mass is 468 g/mol. The average Bonchev–Trinajstić information content (AvgIpc) is 2.71. The summed E-state index contributed by atoms with van der Waals surface area (Å²) in [7, 11) is 0. The highest BCUT2D eigenvalue weighted by molar-refractivity contribution is 7.80. The molecule has 0 aromatic heterocycles. The summed E-state index contributed by atoms with van der Waals surface area (Å²) in [6, 6.07) is 1.84. The number of thiol groups is 1. The fourth-order valence-electron chi connectivity index (χ4n) is 2.83. The molecular weight excluding hydrogens is 436 g/mol. The third-order valence-electron chi connectivity index (χ3n) is 4.62. The number of carboxylic acids is 1. The number of hydrogen-bond acceptors (Lipinski definition) is 7. The first-order valence-electron chi connectivity index (χ1n) is 10.2. The predicted octanol–water partition coefficient (Wildman–Crippen LogP) is -0.203. The van der Waals surface area contributed by atoms with Crippen LogP contribution in [0.3, 0.4) is 0 Å². The van der Waals surface area contributed by atoms with Gasteiger partial charge in [0.1, 0.15) is 23.9 Å². The van der Waals surface area contributed by atoms with Gasteiger partial charge in [-0.1, -0.05) is 26.0 Å². The summed E-state index contributed by atoms with van der Waals surface area (Å²) < 4.78 is 0. The van der Waals surface area contributed by atoms with Crippen LogP contribution in [0.5, 0.6) is 5.75 Å². The molecule has 0 saturated carbocycles. The SMILES string of the molecule is CC(C)CC(N)C(=O)NC(CS)C(=O)NC(C)C(=O)NC(Cc1ccc(O)cc1)C(=O)O. The first kappa shape index (κ1) is 27.2. The van der Waals surface area contributed by atoms with E-state index in [2.05, 4.69) is 28.6 Å². The van der Waals surface area contributed by atoms with E-state index in [0.29, 0.717) is 12.0 Å². The summed E-state index contributed by atoms with van der Waals surface area (Å²) in [5, 5.41) is 26.1. The fraction of sp³-hybridized carbons (Fsp3) is 0.524. The van der Waals surface area contributed by atoms with Gasteiger partial charge in [-0.25, -0.2) is 4.79 Å². The molecular formula is C21H32N4O6S. The number of phenols is 1. The molecule has 10 nitrogen and oxygen atoms in total. The molecule has 4 unspecified atom stereocenters. The summed E-state index contributed by atoms with van der Waals surface area (Å²) in [6.45, 7) is 5.24. The highest BCUT2D eigenvalue weighted by Crippen LogP contribution is 2.11. The van der Waals surface area contributed by atoms with Crippen LogP contribution in [0.1, 0.15) is 32.8 Å². The Bertz CT molecular complexity index is 802. The highest BCUT2D eigenvalue weighted by atomic mass is 32.1. The number of carbonyl (C=O) groups excluding carboxylic acids is 3. The van der Waals surface area contributed by atoms with Crippen molar-refractivity contribution in [2.24, 2.45) is 11.7 Å². The highest BCUT2D eigenvalue weighted by Gasteiger charge is 2.28. The predicted molar refractivity (Wildman–Crippen MR) is 122 cm³/mol. The van der Waals surface area contributed by atoms with Gasteiger partial charge in [-0.3, -0.25) is 14.4 Å². The van der Waals surface area contributed by atoms with Crippen molar-refractivity contribution < 1.29 is 29.4 Å². The van der Waals surface area contributed by atoms with Gasteiger partial charge in [0.2, 0.25) is 17.7 Å². The van der Waals surface area contributed by atoms with Crippen LogP contribution >= 0.6 is 12.6 Å². The number of nitrogens with two attached hydrogens (primary N) is 1. The van der Waals surface area contributed by atoms with E-state index >= 15 is 0 Å². The van der Waals surface area contributed by atoms with Gasteiger partial charge >= 0.3 is 5.97 Å². The Morgan fingerprint density at radius 1 is 0.938 bits per heavy atom. The molecule has 0 radical (unpaired) electrons. The minimum atomic E-state index is -1.25. The number of aliphatic carboxylic acids is 1. The zero-order valence-corrected chi connectivity index (χ0v) is 19.3. The van der Waals surface area contributed by atoms with Gasteiger partial charge in [-0.15, -0.1) is 0 Å². The second kappa shape index (κ2) is 12.9. The maximum absolute atomic E-state index is 12.5. The average molecular weight is 469 g/mol. The van der Waals surface area contributed by atoms with Gasteiger partial charge in [-0.05, 0) is 37.0 Å². The Kier molecular flexibility index (Phi) is 11.0. The van der Waals surface area contributed by atoms with E-state index in [0.717, 1.165) is 0 Å². The molecule has 0 saturated heterocycles. The van der Waals surface area contributed by atoms with E-state index in [1.165, 1.54) is 19.1 Å². The molecule has 0 aliphatic carbocycles. The zero-order valence-electron chi connectivity index (χ0n) is 18.4. The normalized spacial score (nSPS) is 14.7. The van der Waals surface area contributed by atoms with Crippen LogP contribution < -0.4 is 21.7 Å². The second-order valence-electron chi connectivity index (χ2n) is 7.98. The van der Waals surface area contributed by atoms with Crippen molar-refractivity contribution in [3.05, 3.63) is 29.8 Å². The molecule has 0 bridgehead atoms. The lowest BCUT2D eigenvalue weighted by Gasteiger charge is -2.23. The van der Waals surface area contributed by atoms with Crippen LogP contribution in [0.15, 0.2) is 24.3 Å². The third-order valence-corrected chi connectivity index (χ3v) is 4.99. The summed E-state index contributed by atoms with van der Waals surface area (Å²) in [6.07, 6.45) is 0.439. The van der Waals surface area contributed by atoms with E-state index in [9.17, 15) is 29.4 Å². The van der Waals surface area contributed by atoms with Gasteiger partial charge in [-0.2, -0.15) is 12.6 Å². The Hall–Kier alpha value is -2.79. The zero-order chi connectivity index (χ0) is 24.4. The number of rotatable bonds is 12. The summed E-state index contributed by atoms with van der Waals surface area (Å²) in [4.78, 5) is 48.6. The maximum Gasteiger partial charge on any atom is 0.326 e. The minimum absolute atomic E-state index is 0.00885. The quantitative estimate of drug-likeness (QED) is 0.208. The molecule has 0 fully saturated rings. The topological polar surface area (TPSA) is 171 Å². The Morgan fingerprint density at radius 3 is 2.00 bits per heavy atom. The molecule has 1 rings (SSSR count). The van der Waals surface area contributed by atoms with Crippen molar-refractivity contribution in [1.29, 1.82) is 0 Å². The number of nitrogens with one attached hydrogen (secondary N) is 3. The molecule has 178 valence electrons. The van der Waals surface area contributed by atoms with Gasteiger partial charge in [0, 0.05) is 12.2 Å². The van der Waals surface area contributed by atoms with Crippen molar-refractivity contribution in [3.8, 4) is 5.75 Å². The number of carbonyl (C=O) groups is 4. The molecule has 1 aromatic rings. The van der Waals surface area contributed by atoms with Gasteiger partial charge in [0.25, 0.3) is 0 Å². The number of aromatic hydroxyl groups is 1. The molecule has 11 heteroatoms. The Labute approximate surface area is 192 Å². The lowest BCUT2D eigenvalue weighted by Crippen LogP contribution is -2.57. The number of carboxylic acid groups (broad SMARTS) is 1. The number of benzene rings is 1. The first-order valence-corrected chi connectivity index (χ1v) is 10.9. The van der Waals surface area contributed by atoms with Crippen LogP contribution in [0.25, 0.3) is 0 Å². The summed E-state index contributed by atoms with van der Waals surface area (Å²) in [5.74, 6) is -2.86. The number of hydrogen-bond donors (Lipinski definition) is 7. The largest absolute Gasteiger partial charge is 0.508 e. The van der Waals surface area contributed by atoms with Crippen LogP contribution in [0.2, 0.25) is 0 Å². The smallest absolute Gasteiger partial charge is 0.326 e. The molecule has 1 aromatic carbocycles. The van der Waals surface area contributed by atoms with Crippen LogP contribution in [0, 0.1) is 5.92 Å². The van der Waals surface area contributed by atoms with E-state index in [1.807, 2.05) is 13.8 Å². The molecule has 0 aliphatic rings. The molecule has 0 heterocycles. The van der Waals surface area contributed by atoms with E-state index < -0.39 is 47.9 Å². The summed E-state index contributed by atoms with van der Waals surface area (Å²) >= 11 is 4.07. The fourth-order valence-corrected chi connectivity index (χ4v) is 3.09. The first-order chi connectivity index (χ1) is 14.9. The van der Waals surface area contributed by atoms with Crippen molar-refractivity contribution in [2.45, 2.75) is 57.8 Å². The van der Waals surface area contributed by atoms with E-state index in [1.54, 1.807) is 12.1 Å².